The summed E-state index contributed by atoms with van der Waals surface area (Å²) in [5.41, 5.74) is 1.49. The average Bonchev–Trinajstić information content (AvgIpc) is 3.17. The maximum absolute atomic E-state index is 13.9. The van der Waals surface area contributed by atoms with E-state index in [-0.39, 0.29) is 10.7 Å². The molecular formula is C22H17FN2O3S2. The highest BCUT2D eigenvalue weighted by atomic mass is 32.2. The summed E-state index contributed by atoms with van der Waals surface area (Å²) in [6.45, 7) is 1.77. The fourth-order valence-corrected chi connectivity index (χ4v) is 5.06. The molecule has 0 spiro atoms. The van der Waals surface area contributed by atoms with Gasteiger partial charge in [0.05, 0.1) is 15.5 Å². The number of aryl methyl sites for hydroxylation is 1. The van der Waals surface area contributed by atoms with Gasteiger partial charge in [-0.05, 0) is 55.0 Å². The van der Waals surface area contributed by atoms with E-state index < -0.39 is 15.9 Å². The van der Waals surface area contributed by atoms with Crippen molar-refractivity contribution in [3.8, 4) is 0 Å². The van der Waals surface area contributed by atoms with Gasteiger partial charge < -0.3 is 5.32 Å². The van der Waals surface area contributed by atoms with Crippen molar-refractivity contribution in [2.24, 2.45) is 0 Å². The van der Waals surface area contributed by atoms with Crippen LogP contribution in [-0.4, -0.2) is 14.3 Å². The lowest BCUT2D eigenvalue weighted by Gasteiger charge is -2.13. The van der Waals surface area contributed by atoms with Crippen LogP contribution in [0.3, 0.4) is 0 Å². The molecule has 8 heteroatoms. The molecule has 3 aromatic carbocycles. The number of amides is 1. The second-order valence-electron chi connectivity index (χ2n) is 6.66. The summed E-state index contributed by atoms with van der Waals surface area (Å²) in [6, 6.07) is 19.2. The van der Waals surface area contributed by atoms with Crippen LogP contribution in [0.5, 0.6) is 0 Å². The van der Waals surface area contributed by atoms with Crippen LogP contribution in [-0.2, 0) is 10.0 Å². The molecule has 30 heavy (non-hydrogen) atoms. The van der Waals surface area contributed by atoms with E-state index in [9.17, 15) is 17.6 Å². The SMILES string of the molecule is Cc1ccc(NC(=O)c2cc3c(F)cccc3s2)cc1NS(=O)(=O)c1ccccc1. The van der Waals surface area contributed by atoms with Crippen molar-refractivity contribution >= 4 is 48.7 Å². The number of anilines is 2. The largest absolute Gasteiger partial charge is 0.321 e. The molecule has 4 rings (SSSR count). The van der Waals surface area contributed by atoms with E-state index in [1.165, 1.54) is 35.6 Å². The molecule has 0 aliphatic heterocycles. The summed E-state index contributed by atoms with van der Waals surface area (Å²) in [5, 5.41) is 3.14. The highest BCUT2D eigenvalue weighted by molar-refractivity contribution is 7.92. The molecule has 0 saturated heterocycles. The Morgan fingerprint density at radius 2 is 1.73 bits per heavy atom. The Hall–Kier alpha value is -3.23. The van der Waals surface area contributed by atoms with Crippen molar-refractivity contribution < 1.29 is 17.6 Å². The van der Waals surface area contributed by atoms with Gasteiger partial charge in [0, 0.05) is 15.8 Å². The molecule has 2 N–H and O–H groups in total. The number of benzene rings is 3. The van der Waals surface area contributed by atoms with E-state index in [1.807, 2.05) is 0 Å². The third-order valence-corrected chi connectivity index (χ3v) is 7.01. The molecule has 0 fully saturated rings. The number of hydrogen-bond acceptors (Lipinski definition) is 4. The minimum atomic E-state index is -3.76. The van der Waals surface area contributed by atoms with Crippen LogP contribution in [0.1, 0.15) is 15.2 Å². The predicted molar refractivity (Wildman–Crippen MR) is 118 cm³/mol. The van der Waals surface area contributed by atoms with E-state index in [1.54, 1.807) is 55.5 Å². The first-order chi connectivity index (χ1) is 14.3. The molecule has 4 aromatic rings. The van der Waals surface area contributed by atoms with Gasteiger partial charge in [0.2, 0.25) is 0 Å². The van der Waals surface area contributed by atoms with E-state index >= 15 is 0 Å². The molecule has 0 radical (unpaired) electrons. The summed E-state index contributed by atoms with van der Waals surface area (Å²) >= 11 is 1.19. The van der Waals surface area contributed by atoms with Crippen molar-refractivity contribution in [2.75, 3.05) is 10.0 Å². The lowest BCUT2D eigenvalue weighted by Crippen LogP contribution is -2.15. The standard InChI is InChI=1S/C22H17FN2O3S2/c1-14-10-11-15(12-19(14)25-30(27,28)16-6-3-2-4-7-16)24-22(26)21-13-17-18(23)8-5-9-20(17)29-21/h2-13,25H,1H3,(H,24,26). The zero-order valence-corrected chi connectivity index (χ0v) is 17.5. The van der Waals surface area contributed by atoms with Crippen molar-refractivity contribution in [3.63, 3.8) is 0 Å². The molecule has 0 bridgehead atoms. The van der Waals surface area contributed by atoms with Crippen LogP contribution in [0.2, 0.25) is 0 Å². The third-order valence-electron chi connectivity index (χ3n) is 4.53. The number of thiophene rings is 1. The highest BCUT2D eigenvalue weighted by Crippen LogP contribution is 2.29. The normalized spacial score (nSPS) is 11.4. The van der Waals surface area contributed by atoms with Gasteiger partial charge >= 0.3 is 0 Å². The zero-order chi connectivity index (χ0) is 21.3. The monoisotopic (exact) mass is 440 g/mol. The lowest BCUT2D eigenvalue weighted by atomic mass is 10.2. The maximum atomic E-state index is 13.9. The van der Waals surface area contributed by atoms with E-state index in [0.717, 1.165) is 0 Å². The summed E-state index contributed by atoms with van der Waals surface area (Å²) < 4.78 is 42.4. The molecule has 0 aliphatic rings. The average molecular weight is 441 g/mol. The Bertz CT molecular complexity index is 1350. The highest BCUT2D eigenvalue weighted by Gasteiger charge is 2.16. The molecule has 5 nitrogen and oxygen atoms in total. The number of carbonyl (C=O) groups excluding carboxylic acids is 1. The molecule has 0 unspecified atom stereocenters. The van der Waals surface area contributed by atoms with E-state index in [4.69, 9.17) is 0 Å². The van der Waals surface area contributed by atoms with Crippen LogP contribution in [0.15, 0.2) is 77.7 Å². The van der Waals surface area contributed by atoms with Crippen LogP contribution in [0, 0.1) is 12.7 Å². The van der Waals surface area contributed by atoms with E-state index in [2.05, 4.69) is 10.0 Å². The molecule has 1 heterocycles. The minimum Gasteiger partial charge on any atom is -0.321 e. The first-order valence-electron chi connectivity index (χ1n) is 9.01. The fourth-order valence-electron chi connectivity index (χ4n) is 2.94. The second kappa shape index (κ2) is 7.89. The molecule has 1 amide bonds. The van der Waals surface area contributed by atoms with Gasteiger partial charge in [0.1, 0.15) is 5.82 Å². The van der Waals surface area contributed by atoms with Crippen molar-refractivity contribution in [3.05, 3.63) is 89.1 Å². The van der Waals surface area contributed by atoms with Crippen molar-refractivity contribution in [1.29, 1.82) is 0 Å². The van der Waals surface area contributed by atoms with E-state index in [0.29, 0.717) is 31.9 Å². The number of hydrogen-bond donors (Lipinski definition) is 2. The van der Waals surface area contributed by atoms with Gasteiger partial charge in [-0.25, -0.2) is 12.8 Å². The lowest BCUT2D eigenvalue weighted by molar-refractivity contribution is 0.103. The third kappa shape index (κ3) is 4.05. The van der Waals surface area contributed by atoms with Crippen LogP contribution >= 0.6 is 11.3 Å². The molecule has 0 aliphatic carbocycles. The Labute approximate surface area is 177 Å². The number of rotatable bonds is 5. The molecule has 1 aromatic heterocycles. The molecule has 0 saturated carbocycles. The molecular weight excluding hydrogens is 423 g/mol. The first kappa shape index (κ1) is 20.1. The summed E-state index contributed by atoms with van der Waals surface area (Å²) in [5.74, 6) is -0.771. The number of sulfonamides is 1. The quantitative estimate of drug-likeness (QED) is 0.436. The summed E-state index contributed by atoms with van der Waals surface area (Å²) in [6.07, 6.45) is 0. The van der Waals surface area contributed by atoms with Crippen LogP contribution in [0.25, 0.3) is 10.1 Å². The van der Waals surface area contributed by atoms with Gasteiger partial charge in [-0.3, -0.25) is 9.52 Å². The van der Waals surface area contributed by atoms with Gasteiger partial charge in [0.15, 0.2) is 0 Å². The zero-order valence-electron chi connectivity index (χ0n) is 15.8. The Balaban J connectivity index is 1.58. The Morgan fingerprint density at radius 3 is 2.47 bits per heavy atom. The number of halogens is 1. The molecule has 0 atom stereocenters. The fraction of sp³-hybridized carbons (Fsp3) is 0.0455. The summed E-state index contributed by atoms with van der Waals surface area (Å²) in [4.78, 5) is 13.1. The number of nitrogens with one attached hydrogen (secondary N) is 2. The smallest absolute Gasteiger partial charge is 0.265 e. The minimum absolute atomic E-state index is 0.145. The van der Waals surface area contributed by atoms with Gasteiger partial charge in [-0.15, -0.1) is 11.3 Å². The first-order valence-corrected chi connectivity index (χ1v) is 11.3. The predicted octanol–water partition coefficient (Wildman–Crippen LogP) is 5.40. The van der Waals surface area contributed by atoms with Gasteiger partial charge in [0.25, 0.3) is 15.9 Å². The maximum Gasteiger partial charge on any atom is 0.265 e. The topological polar surface area (TPSA) is 75.3 Å². The summed E-state index contributed by atoms with van der Waals surface area (Å²) in [7, 11) is -3.76. The van der Waals surface area contributed by atoms with Gasteiger partial charge in [-0.2, -0.15) is 0 Å². The van der Waals surface area contributed by atoms with Gasteiger partial charge in [-0.1, -0.05) is 30.3 Å². The second-order valence-corrected chi connectivity index (χ2v) is 9.43. The number of fused-ring (bicyclic) bond motifs is 1. The molecule has 152 valence electrons. The Morgan fingerprint density at radius 1 is 0.967 bits per heavy atom. The Kier molecular flexibility index (Phi) is 5.27. The van der Waals surface area contributed by atoms with Crippen molar-refractivity contribution in [2.45, 2.75) is 11.8 Å². The van der Waals surface area contributed by atoms with Crippen LogP contribution < -0.4 is 10.0 Å². The van der Waals surface area contributed by atoms with Crippen molar-refractivity contribution in [1.82, 2.24) is 0 Å². The number of carbonyl (C=O) groups is 1. The van der Waals surface area contributed by atoms with Crippen LogP contribution in [0.4, 0.5) is 15.8 Å².